The summed E-state index contributed by atoms with van der Waals surface area (Å²) in [7, 11) is 8.30. The minimum atomic E-state index is 0.845. The first-order valence-corrected chi connectivity index (χ1v) is 8.88. The summed E-state index contributed by atoms with van der Waals surface area (Å²) in [5, 5.41) is 0. The molecule has 0 unspecified atom stereocenters. The van der Waals surface area contributed by atoms with E-state index in [2.05, 4.69) is 104 Å². The molecular weight excluding hydrogens is 320 g/mol. The van der Waals surface area contributed by atoms with Gasteiger partial charge in [-0.3, -0.25) is 0 Å². The Hall–Kier alpha value is -3.01. The van der Waals surface area contributed by atoms with Crippen LogP contribution < -0.4 is 9.80 Å². The molecule has 4 nitrogen and oxygen atoms in total. The van der Waals surface area contributed by atoms with Gasteiger partial charge in [0.05, 0.1) is 22.8 Å². The zero-order valence-corrected chi connectivity index (χ0v) is 15.8. The Balaban J connectivity index is 1.93. The van der Waals surface area contributed by atoms with E-state index in [-0.39, 0.29) is 0 Å². The van der Waals surface area contributed by atoms with Gasteiger partial charge in [-0.1, -0.05) is 24.3 Å². The van der Waals surface area contributed by atoms with Crippen molar-refractivity contribution >= 4 is 28.5 Å². The molecule has 1 aliphatic carbocycles. The smallest absolute Gasteiger partial charge is 0.0876 e. The van der Waals surface area contributed by atoms with E-state index in [1.807, 2.05) is 0 Å². The zero-order chi connectivity index (χ0) is 18.3. The fourth-order valence-electron chi connectivity index (χ4n) is 3.39. The van der Waals surface area contributed by atoms with E-state index in [1.54, 1.807) is 0 Å². The molecule has 2 aromatic carbocycles. The number of fused-ring (bicyclic) bond motifs is 2. The maximum Gasteiger partial charge on any atom is 0.0876 e. The molecule has 0 saturated heterocycles. The van der Waals surface area contributed by atoms with Crippen LogP contribution in [0.15, 0.2) is 77.1 Å². The number of para-hydroxylation sites is 1. The van der Waals surface area contributed by atoms with Crippen molar-refractivity contribution in [1.82, 2.24) is 4.90 Å². The maximum absolute atomic E-state index is 4.96. The van der Waals surface area contributed by atoms with E-state index in [0.29, 0.717) is 0 Å². The van der Waals surface area contributed by atoms with Crippen molar-refractivity contribution in [2.75, 3.05) is 38.0 Å². The molecule has 0 atom stereocenters. The molecule has 0 N–H and O–H groups in total. The average molecular weight is 344 g/mol. The second kappa shape index (κ2) is 6.37. The third-order valence-corrected chi connectivity index (χ3v) is 4.83. The van der Waals surface area contributed by atoms with Crippen molar-refractivity contribution in [3.63, 3.8) is 0 Å². The Bertz CT molecular complexity index is 920. The predicted octanol–water partition coefficient (Wildman–Crippen LogP) is 4.71. The second-order valence-electron chi connectivity index (χ2n) is 7.05. The van der Waals surface area contributed by atoms with Crippen molar-refractivity contribution in [1.29, 1.82) is 0 Å². The van der Waals surface area contributed by atoms with Crippen molar-refractivity contribution in [3.05, 3.63) is 72.1 Å². The van der Waals surface area contributed by atoms with Crippen LogP contribution in [-0.4, -0.2) is 38.8 Å². The number of rotatable bonds is 3. The van der Waals surface area contributed by atoms with Gasteiger partial charge in [-0.2, -0.15) is 0 Å². The first kappa shape index (κ1) is 16.5. The minimum Gasteiger partial charge on any atom is -0.378 e. The SMILES string of the molecule is CN(C)C1=CCC2=Nc3ccc(N(C)C)cc3N(c3ccccc3)C2=C1. The summed E-state index contributed by atoms with van der Waals surface area (Å²) in [4.78, 5) is 11.6. The van der Waals surface area contributed by atoms with Gasteiger partial charge in [-0.15, -0.1) is 0 Å². The molecule has 2 aromatic rings. The summed E-state index contributed by atoms with van der Waals surface area (Å²) in [6.07, 6.45) is 5.32. The van der Waals surface area contributed by atoms with Gasteiger partial charge in [-0.05, 0) is 36.4 Å². The van der Waals surface area contributed by atoms with Crippen LogP contribution in [-0.2, 0) is 0 Å². The number of hydrogen-bond donors (Lipinski definition) is 0. The number of aliphatic imine (C=N–C) groups is 1. The molecule has 4 heteroatoms. The Kier molecular flexibility index (Phi) is 4.03. The van der Waals surface area contributed by atoms with Gasteiger partial charge in [0.25, 0.3) is 0 Å². The van der Waals surface area contributed by atoms with E-state index < -0.39 is 0 Å². The van der Waals surface area contributed by atoms with E-state index in [0.717, 1.165) is 34.9 Å². The summed E-state index contributed by atoms with van der Waals surface area (Å²) in [5.41, 5.74) is 7.96. The largest absolute Gasteiger partial charge is 0.378 e. The standard InChI is InChI=1S/C22H24N4/c1-24(2)17-10-12-19-21(14-17)26(16-8-6-5-7-9-16)22-15-18(25(3)4)11-13-20(22)23-19/h5-12,14-15H,13H2,1-4H3. The Morgan fingerprint density at radius 3 is 2.38 bits per heavy atom. The predicted molar refractivity (Wildman–Crippen MR) is 111 cm³/mol. The van der Waals surface area contributed by atoms with Gasteiger partial charge in [0, 0.05) is 51.7 Å². The van der Waals surface area contributed by atoms with E-state index >= 15 is 0 Å². The van der Waals surface area contributed by atoms with Crippen molar-refractivity contribution < 1.29 is 0 Å². The highest BCUT2D eigenvalue weighted by molar-refractivity contribution is 6.12. The minimum absolute atomic E-state index is 0.845. The van der Waals surface area contributed by atoms with Gasteiger partial charge in [0.1, 0.15) is 0 Å². The number of nitrogens with zero attached hydrogens (tertiary/aromatic N) is 4. The van der Waals surface area contributed by atoms with Crippen molar-refractivity contribution in [2.24, 2.45) is 4.99 Å². The Morgan fingerprint density at radius 2 is 1.69 bits per heavy atom. The third kappa shape index (κ3) is 2.77. The van der Waals surface area contributed by atoms with E-state index in [1.165, 1.54) is 11.4 Å². The van der Waals surface area contributed by atoms with Gasteiger partial charge >= 0.3 is 0 Å². The Morgan fingerprint density at radius 1 is 0.923 bits per heavy atom. The van der Waals surface area contributed by atoms with Gasteiger partial charge in [0.2, 0.25) is 0 Å². The van der Waals surface area contributed by atoms with Gasteiger partial charge in [0.15, 0.2) is 0 Å². The lowest BCUT2D eigenvalue weighted by molar-refractivity contribution is 0.526. The third-order valence-electron chi connectivity index (χ3n) is 4.83. The van der Waals surface area contributed by atoms with Crippen LogP contribution in [0.25, 0.3) is 0 Å². The van der Waals surface area contributed by atoms with Crippen LogP contribution >= 0.6 is 0 Å². The first-order chi connectivity index (χ1) is 12.5. The number of hydrogen-bond acceptors (Lipinski definition) is 4. The molecule has 1 heterocycles. The van der Waals surface area contributed by atoms with E-state index in [9.17, 15) is 0 Å². The molecule has 1 aliphatic heterocycles. The number of benzene rings is 2. The molecule has 2 aliphatic rings. The summed E-state index contributed by atoms with van der Waals surface area (Å²) in [6, 6.07) is 17.0. The maximum atomic E-state index is 4.96. The molecule has 26 heavy (non-hydrogen) atoms. The van der Waals surface area contributed by atoms with Crippen molar-refractivity contribution in [2.45, 2.75) is 6.42 Å². The van der Waals surface area contributed by atoms with E-state index in [4.69, 9.17) is 4.99 Å². The second-order valence-corrected chi connectivity index (χ2v) is 7.05. The molecular formula is C22H24N4. The lowest BCUT2D eigenvalue weighted by Gasteiger charge is -2.36. The molecule has 0 saturated carbocycles. The van der Waals surface area contributed by atoms with Crippen LogP contribution in [0.5, 0.6) is 0 Å². The van der Waals surface area contributed by atoms with Crippen molar-refractivity contribution in [3.8, 4) is 0 Å². The van der Waals surface area contributed by atoms with Gasteiger partial charge < -0.3 is 14.7 Å². The fourth-order valence-corrected chi connectivity index (χ4v) is 3.39. The first-order valence-electron chi connectivity index (χ1n) is 8.88. The summed E-state index contributed by atoms with van der Waals surface area (Å²) in [5.74, 6) is 0. The molecule has 0 amide bonds. The lowest BCUT2D eigenvalue weighted by Crippen LogP contribution is -2.29. The molecule has 4 rings (SSSR count). The Labute approximate surface area is 155 Å². The summed E-state index contributed by atoms with van der Waals surface area (Å²) >= 11 is 0. The highest BCUT2D eigenvalue weighted by Crippen LogP contribution is 2.44. The monoisotopic (exact) mass is 344 g/mol. The molecule has 0 spiro atoms. The summed E-state index contributed by atoms with van der Waals surface area (Å²) in [6.45, 7) is 0. The number of allylic oxidation sites excluding steroid dienone is 3. The lowest BCUT2D eigenvalue weighted by atomic mass is 10.00. The average Bonchev–Trinajstić information content (AvgIpc) is 2.65. The number of anilines is 3. The molecule has 0 bridgehead atoms. The van der Waals surface area contributed by atoms with Crippen LogP contribution in [0.2, 0.25) is 0 Å². The molecule has 0 fully saturated rings. The van der Waals surface area contributed by atoms with Crippen LogP contribution in [0.1, 0.15) is 6.42 Å². The van der Waals surface area contributed by atoms with Gasteiger partial charge in [-0.25, -0.2) is 4.99 Å². The molecule has 0 radical (unpaired) electrons. The van der Waals surface area contributed by atoms with Crippen LogP contribution in [0, 0.1) is 0 Å². The molecule has 0 aromatic heterocycles. The van der Waals surface area contributed by atoms with Crippen LogP contribution in [0.4, 0.5) is 22.7 Å². The highest BCUT2D eigenvalue weighted by Gasteiger charge is 2.28. The van der Waals surface area contributed by atoms with Crippen LogP contribution in [0.3, 0.4) is 0 Å². The highest BCUT2D eigenvalue weighted by atomic mass is 15.2. The number of likely N-dealkylation sites (N-methyl/N-ethyl adjacent to an activating group) is 1. The zero-order valence-electron chi connectivity index (χ0n) is 15.8. The topological polar surface area (TPSA) is 22.1 Å². The summed E-state index contributed by atoms with van der Waals surface area (Å²) < 4.78 is 0. The molecule has 132 valence electrons. The quantitative estimate of drug-likeness (QED) is 0.805. The fraction of sp³-hybridized carbons (Fsp3) is 0.227. The normalized spacial score (nSPS) is 15.4.